The van der Waals surface area contributed by atoms with Gasteiger partial charge in [-0.1, -0.05) is 65.2 Å². The predicted octanol–water partition coefficient (Wildman–Crippen LogP) is 5.41. The Bertz CT molecular complexity index is 304. The Balaban J connectivity index is 2.69. The Morgan fingerprint density at radius 2 is 1.26 bits per heavy atom. The van der Waals surface area contributed by atoms with Crippen molar-refractivity contribution in [3.8, 4) is 0 Å². The number of hydrogen-bond acceptors (Lipinski definition) is 2. The van der Waals surface area contributed by atoms with Gasteiger partial charge in [-0.05, 0) is 31.6 Å². The maximum atomic E-state index is 10.7. The largest absolute Gasteiger partial charge is 0.235 e. The van der Waals surface area contributed by atoms with Crippen molar-refractivity contribution in [3.05, 3.63) is 0 Å². The lowest BCUT2D eigenvalue weighted by molar-refractivity contribution is 0.214. The van der Waals surface area contributed by atoms with Crippen LogP contribution in [0.2, 0.25) is 0 Å². The van der Waals surface area contributed by atoms with Crippen molar-refractivity contribution in [1.29, 1.82) is 0 Å². The fourth-order valence-corrected chi connectivity index (χ4v) is 3.58. The Hall–Kier alpha value is -0.620. The van der Waals surface area contributed by atoms with Crippen molar-refractivity contribution in [2.24, 2.45) is 10.4 Å². The quantitative estimate of drug-likeness (QED) is 0.460. The molecule has 0 aromatic heterocycles. The van der Waals surface area contributed by atoms with E-state index in [0.29, 0.717) is 0 Å². The van der Waals surface area contributed by atoms with E-state index in [2.05, 4.69) is 25.8 Å². The molecule has 0 aliphatic heterocycles. The second kappa shape index (κ2) is 7.85. The standard InChI is InChI=1S/C17H31NO/c1-16(2)12-10-8-6-4-5-7-9-11-13-17(3,14-16)18-15-19/h4-14H2,1-3H3. The van der Waals surface area contributed by atoms with Gasteiger partial charge in [-0.25, -0.2) is 4.79 Å². The van der Waals surface area contributed by atoms with E-state index < -0.39 is 0 Å². The maximum Gasteiger partial charge on any atom is 0.235 e. The molecule has 2 nitrogen and oxygen atoms in total. The molecule has 0 N–H and O–H groups in total. The van der Waals surface area contributed by atoms with Gasteiger partial charge in [0.1, 0.15) is 0 Å². The third-order valence-electron chi connectivity index (χ3n) is 4.49. The van der Waals surface area contributed by atoms with Crippen molar-refractivity contribution in [2.45, 2.75) is 96.9 Å². The number of aliphatic imine (C=N–C) groups is 1. The average molecular weight is 265 g/mol. The summed E-state index contributed by atoms with van der Waals surface area (Å²) in [6.45, 7) is 6.79. The van der Waals surface area contributed by atoms with E-state index in [0.717, 1.165) is 12.8 Å². The molecule has 1 saturated carbocycles. The van der Waals surface area contributed by atoms with E-state index >= 15 is 0 Å². The Morgan fingerprint density at radius 3 is 1.79 bits per heavy atom. The SMILES string of the molecule is CC1(C)CCCCCCCCCCC(C)(N=C=O)C1. The third kappa shape index (κ3) is 6.92. The predicted molar refractivity (Wildman–Crippen MR) is 81.1 cm³/mol. The highest BCUT2D eigenvalue weighted by Crippen LogP contribution is 2.38. The fourth-order valence-electron chi connectivity index (χ4n) is 3.58. The van der Waals surface area contributed by atoms with Crippen LogP contribution in [0.1, 0.15) is 91.4 Å². The Morgan fingerprint density at radius 1 is 0.789 bits per heavy atom. The smallest absolute Gasteiger partial charge is 0.211 e. The van der Waals surface area contributed by atoms with Crippen molar-refractivity contribution in [3.63, 3.8) is 0 Å². The molecule has 0 saturated heterocycles. The topological polar surface area (TPSA) is 29.4 Å². The minimum absolute atomic E-state index is 0.195. The van der Waals surface area contributed by atoms with Gasteiger partial charge in [-0.3, -0.25) is 0 Å². The maximum absolute atomic E-state index is 10.7. The summed E-state index contributed by atoms with van der Waals surface area (Å²) in [7, 11) is 0. The molecule has 0 radical (unpaired) electrons. The summed E-state index contributed by atoms with van der Waals surface area (Å²) in [4.78, 5) is 14.9. The van der Waals surface area contributed by atoms with Crippen LogP contribution in [-0.4, -0.2) is 11.6 Å². The summed E-state index contributed by atoms with van der Waals surface area (Å²) >= 11 is 0. The van der Waals surface area contributed by atoms with Crippen LogP contribution >= 0.6 is 0 Å². The molecular weight excluding hydrogens is 234 g/mol. The van der Waals surface area contributed by atoms with Gasteiger partial charge in [0, 0.05) is 0 Å². The fraction of sp³-hybridized carbons (Fsp3) is 0.941. The molecule has 0 heterocycles. The van der Waals surface area contributed by atoms with E-state index in [1.165, 1.54) is 57.8 Å². The minimum Gasteiger partial charge on any atom is -0.211 e. The highest BCUT2D eigenvalue weighted by molar-refractivity contribution is 5.34. The normalized spacial score (nSPS) is 30.3. The molecule has 0 bridgehead atoms. The van der Waals surface area contributed by atoms with Crippen LogP contribution in [0.15, 0.2) is 4.99 Å². The number of nitrogens with zero attached hydrogens (tertiary/aromatic N) is 1. The highest BCUT2D eigenvalue weighted by Gasteiger charge is 2.31. The van der Waals surface area contributed by atoms with Crippen molar-refractivity contribution >= 4 is 6.08 Å². The molecule has 1 unspecified atom stereocenters. The summed E-state index contributed by atoms with van der Waals surface area (Å²) in [5.74, 6) is 0. The lowest BCUT2D eigenvalue weighted by Crippen LogP contribution is -2.30. The van der Waals surface area contributed by atoms with Crippen molar-refractivity contribution in [2.75, 3.05) is 0 Å². The highest BCUT2D eigenvalue weighted by atomic mass is 16.1. The number of isocyanates is 1. The number of rotatable bonds is 1. The molecule has 1 rings (SSSR count). The van der Waals surface area contributed by atoms with Crippen LogP contribution < -0.4 is 0 Å². The number of carbonyl (C=O) groups excluding carboxylic acids is 1. The molecule has 1 aliphatic carbocycles. The van der Waals surface area contributed by atoms with E-state index in [9.17, 15) is 4.79 Å². The van der Waals surface area contributed by atoms with Gasteiger partial charge in [-0.2, -0.15) is 4.99 Å². The van der Waals surface area contributed by atoms with Crippen LogP contribution in [0.3, 0.4) is 0 Å². The lowest BCUT2D eigenvalue weighted by atomic mass is 9.74. The Labute approximate surface area is 119 Å². The molecule has 0 aromatic rings. The summed E-state index contributed by atoms with van der Waals surface area (Å²) < 4.78 is 0. The first-order valence-electron chi connectivity index (χ1n) is 8.07. The molecule has 1 fully saturated rings. The van der Waals surface area contributed by atoms with Crippen molar-refractivity contribution in [1.82, 2.24) is 0 Å². The van der Waals surface area contributed by atoms with Gasteiger partial charge in [0.25, 0.3) is 0 Å². The van der Waals surface area contributed by atoms with E-state index in [4.69, 9.17) is 0 Å². The van der Waals surface area contributed by atoms with E-state index in [1.54, 1.807) is 0 Å². The second-order valence-corrected chi connectivity index (χ2v) is 7.37. The Kier molecular flexibility index (Phi) is 6.79. The summed E-state index contributed by atoms with van der Waals surface area (Å²) in [6.07, 6.45) is 15.7. The molecule has 1 atom stereocenters. The van der Waals surface area contributed by atoms with Crippen molar-refractivity contribution < 1.29 is 4.79 Å². The van der Waals surface area contributed by atoms with Gasteiger partial charge in [0.05, 0.1) is 5.54 Å². The van der Waals surface area contributed by atoms with Gasteiger partial charge in [0.15, 0.2) is 0 Å². The molecule has 1 aliphatic rings. The molecule has 0 amide bonds. The molecule has 2 heteroatoms. The first-order chi connectivity index (χ1) is 8.97. The van der Waals surface area contributed by atoms with Crippen LogP contribution in [0, 0.1) is 5.41 Å². The van der Waals surface area contributed by atoms with Gasteiger partial charge in [0.2, 0.25) is 6.08 Å². The lowest BCUT2D eigenvalue weighted by Gasteiger charge is -2.34. The molecule has 110 valence electrons. The average Bonchev–Trinajstić information content (AvgIpc) is 2.31. The molecule has 19 heavy (non-hydrogen) atoms. The zero-order chi connectivity index (χ0) is 14.2. The van der Waals surface area contributed by atoms with Gasteiger partial charge in [-0.15, -0.1) is 0 Å². The van der Waals surface area contributed by atoms with E-state index in [-0.39, 0.29) is 11.0 Å². The first-order valence-corrected chi connectivity index (χ1v) is 8.07. The molecular formula is C17H31NO. The zero-order valence-corrected chi connectivity index (χ0v) is 13.1. The molecule has 0 aromatic carbocycles. The summed E-state index contributed by atoms with van der Waals surface area (Å²) in [5, 5.41) is 0. The van der Waals surface area contributed by atoms with E-state index in [1.807, 2.05) is 6.08 Å². The second-order valence-electron chi connectivity index (χ2n) is 7.37. The monoisotopic (exact) mass is 265 g/mol. The van der Waals surface area contributed by atoms with Gasteiger partial charge < -0.3 is 0 Å². The summed E-state index contributed by atoms with van der Waals surface area (Å²) in [6, 6.07) is 0. The van der Waals surface area contributed by atoms with Crippen LogP contribution in [0.25, 0.3) is 0 Å². The van der Waals surface area contributed by atoms with Crippen LogP contribution in [0.4, 0.5) is 0 Å². The first kappa shape index (κ1) is 16.4. The van der Waals surface area contributed by atoms with Crippen LogP contribution in [0.5, 0.6) is 0 Å². The minimum atomic E-state index is -0.195. The van der Waals surface area contributed by atoms with Gasteiger partial charge >= 0.3 is 0 Å². The van der Waals surface area contributed by atoms with Crippen LogP contribution in [-0.2, 0) is 4.79 Å². The summed E-state index contributed by atoms with van der Waals surface area (Å²) in [5.41, 5.74) is 0.0858. The molecule has 0 spiro atoms. The number of hydrogen-bond donors (Lipinski definition) is 0. The third-order valence-corrected chi connectivity index (χ3v) is 4.49. The zero-order valence-electron chi connectivity index (χ0n) is 13.1.